The molecule has 0 radical (unpaired) electrons. The first-order valence-electron chi connectivity index (χ1n) is 9.19. The summed E-state index contributed by atoms with van der Waals surface area (Å²) in [6, 6.07) is 15.1. The molecule has 1 N–H and O–H groups in total. The molecule has 136 valence electrons. The monoisotopic (exact) mass is 350 g/mol. The van der Waals surface area contributed by atoms with E-state index in [1.807, 2.05) is 56.0 Å². The van der Waals surface area contributed by atoms with Gasteiger partial charge in [0.05, 0.1) is 0 Å². The highest BCUT2D eigenvalue weighted by Gasteiger charge is 2.30. The summed E-state index contributed by atoms with van der Waals surface area (Å²) in [5.41, 5.74) is 4.12. The van der Waals surface area contributed by atoms with Crippen molar-refractivity contribution >= 4 is 11.8 Å². The molecule has 4 nitrogen and oxygen atoms in total. The van der Waals surface area contributed by atoms with Crippen LogP contribution in [0.2, 0.25) is 0 Å². The van der Waals surface area contributed by atoms with Gasteiger partial charge in [-0.25, -0.2) is 0 Å². The average molecular weight is 350 g/mol. The Balaban J connectivity index is 1.74. The van der Waals surface area contributed by atoms with Gasteiger partial charge in [0.25, 0.3) is 5.91 Å². The van der Waals surface area contributed by atoms with Crippen molar-refractivity contribution in [2.24, 2.45) is 5.92 Å². The van der Waals surface area contributed by atoms with Crippen LogP contribution >= 0.6 is 0 Å². The maximum Gasteiger partial charge on any atom is 0.251 e. The molecule has 1 aliphatic rings. The lowest BCUT2D eigenvalue weighted by Gasteiger charge is -2.33. The highest BCUT2D eigenvalue weighted by molar-refractivity contribution is 5.97. The average Bonchev–Trinajstić information content (AvgIpc) is 2.64. The molecule has 2 aromatic carbocycles. The summed E-state index contributed by atoms with van der Waals surface area (Å²) in [6.07, 6.45) is 0.860. The SMILES string of the molecule is Cc1cccc(C(=O)N[C@H](C(=O)N2CCc3ccccc3C2)C(C)C)c1. The molecule has 0 saturated heterocycles. The molecular weight excluding hydrogens is 324 g/mol. The van der Waals surface area contributed by atoms with Crippen molar-refractivity contribution in [2.75, 3.05) is 6.54 Å². The van der Waals surface area contributed by atoms with E-state index in [0.29, 0.717) is 18.7 Å². The summed E-state index contributed by atoms with van der Waals surface area (Å²) in [5.74, 6) is -0.179. The van der Waals surface area contributed by atoms with E-state index in [0.717, 1.165) is 12.0 Å². The summed E-state index contributed by atoms with van der Waals surface area (Å²) < 4.78 is 0. The molecular formula is C22H26N2O2. The summed E-state index contributed by atoms with van der Waals surface area (Å²) in [5, 5.41) is 2.95. The van der Waals surface area contributed by atoms with Gasteiger partial charge in [0.1, 0.15) is 6.04 Å². The van der Waals surface area contributed by atoms with Crippen molar-refractivity contribution in [2.45, 2.75) is 39.8 Å². The van der Waals surface area contributed by atoms with E-state index in [9.17, 15) is 9.59 Å². The van der Waals surface area contributed by atoms with Crippen molar-refractivity contribution in [3.63, 3.8) is 0 Å². The van der Waals surface area contributed by atoms with Gasteiger partial charge in [0, 0.05) is 18.7 Å². The Bertz CT molecular complexity index is 813. The Morgan fingerprint density at radius 2 is 1.77 bits per heavy atom. The first-order chi connectivity index (χ1) is 12.5. The standard InChI is InChI=1S/C22H26N2O2/c1-15(2)20(23-21(25)18-10-6-7-16(3)13-18)22(26)24-12-11-17-8-4-5-9-19(17)14-24/h4-10,13,15,20H,11-12,14H2,1-3H3,(H,23,25)/t20-/m0/s1. The zero-order valence-corrected chi connectivity index (χ0v) is 15.7. The number of hydrogen-bond acceptors (Lipinski definition) is 2. The Labute approximate surface area is 155 Å². The molecule has 2 aromatic rings. The molecule has 0 fully saturated rings. The Morgan fingerprint density at radius 3 is 2.46 bits per heavy atom. The van der Waals surface area contributed by atoms with Crippen LogP contribution in [0.4, 0.5) is 0 Å². The van der Waals surface area contributed by atoms with Gasteiger partial charge in [-0.05, 0) is 42.5 Å². The highest BCUT2D eigenvalue weighted by Crippen LogP contribution is 2.20. The third-order valence-electron chi connectivity index (χ3n) is 4.94. The van der Waals surface area contributed by atoms with E-state index in [4.69, 9.17) is 0 Å². The number of carbonyl (C=O) groups excluding carboxylic acids is 2. The molecule has 0 bridgehead atoms. The maximum absolute atomic E-state index is 13.1. The third kappa shape index (κ3) is 3.96. The molecule has 4 heteroatoms. The minimum Gasteiger partial charge on any atom is -0.340 e. The van der Waals surface area contributed by atoms with E-state index in [1.54, 1.807) is 6.07 Å². The van der Waals surface area contributed by atoms with Crippen molar-refractivity contribution in [3.8, 4) is 0 Å². The van der Waals surface area contributed by atoms with Crippen LogP contribution < -0.4 is 5.32 Å². The van der Waals surface area contributed by atoms with Gasteiger partial charge >= 0.3 is 0 Å². The zero-order valence-electron chi connectivity index (χ0n) is 15.7. The van der Waals surface area contributed by atoms with E-state index in [-0.39, 0.29) is 17.7 Å². The van der Waals surface area contributed by atoms with Crippen molar-refractivity contribution < 1.29 is 9.59 Å². The van der Waals surface area contributed by atoms with Crippen molar-refractivity contribution in [1.82, 2.24) is 10.2 Å². The van der Waals surface area contributed by atoms with Crippen LogP contribution in [0.3, 0.4) is 0 Å². The smallest absolute Gasteiger partial charge is 0.251 e. The van der Waals surface area contributed by atoms with Crippen molar-refractivity contribution in [1.29, 1.82) is 0 Å². The second-order valence-electron chi connectivity index (χ2n) is 7.34. The lowest BCUT2D eigenvalue weighted by atomic mass is 9.97. The topological polar surface area (TPSA) is 49.4 Å². The van der Waals surface area contributed by atoms with Crippen LogP contribution in [-0.4, -0.2) is 29.3 Å². The molecule has 26 heavy (non-hydrogen) atoms. The predicted octanol–water partition coefficient (Wildman–Crippen LogP) is 3.33. The molecule has 1 heterocycles. The molecule has 0 spiro atoms. The summed E-state index contributed by atoms with van der Waals surface area (Å²) in [7, 11) is 0. The number of hydrogen-bond donors (Lipinski definition) is 1. The Morgan fingerprint density at radius 1 is 1.04 bits per heavy atom. The molecule has 0 saturated carbocycles. The number of fused-ring (bicyclic) bond motifs is 1. The lowest BCUT2D eigenvalue weighted by molar-refractivity contribution is -0.135. The molecule has 0 aromatic heterocycles. The molecule has 3 rings (SSSR count). The number of nitrogens with one attached hydrogen (secondary N) is 1. The second-order valence-corrected chi connectivity index (χ2v) is 7.34. The third-order valence-corrected chi connectivity index (χ3v) is 4.94. The normalized spacial score (nSPS) is 14.7. The largest absolute Gasteiger partial charge is 0.340 e. The van der Waals surface area contributed by atoms with Gasteiger partial charge in [0.15, 0.2) is 0 Å². The number of amides is 2. The molecule has 2 amide bonds. The van der Waals surface area contributed by atoms with Gasteiger partial charge < -0.3 is 10.2 Å². The van der Waals surface area contributed by atoms with E-state index in [1.165, 1.54) is 11.1 Å². The fourth-order valence-electron chi connectivity index (χ4n) is 3.40. The van der Waals surface area contributed by atoms with Crippen LogP contribution in [-0.2, 0) is 17.8 Å². The minimum absolute atomic E-state index is 0.00416. The quantitative estimate of drug-likeness (QED) is 0.919. The fraction of sp³-hybridized carbons (Fsp3) is 0.364. The predicted molar refractivity (Wildman–Crippen MR) is 103 cm³/mol. The molecule has 1 atom stereocenters. The van der Waals surface area contributed by atoms with Crippen LogP contribution in [0, 0.1) is 12.8 Å². The van der Waals surface area contributed by atoms with Gasteiger partial charge in [-0.3, -0.25) is 9.59 Å². The van der Waals surface area contributed by atoms with Gasteiger partial charge in [-0.2, -0.15) is 0 Å². The minimum atomic E-state index is -0.520. The first kappa shape index (κ1) is 18.2. The van der Waals surface area contributed by atoms with Gasteiger partial charge in [-0.1, -0.05) is 55.8 Å². The summed E-state index contributed by atoms with van der Waals surface area (Å²) in [4.78, 5) is 27.6. The van der Waals surface area contributed by atoms with Gasteiger partial charge in [-0.15, -0.1) is 0 Å². The van der Waals surface area contributed by atoms with Gasteiger partial charge in [0.2, 0.25) is 5.91 Å². The van der Waals surface area contributed by atoms with E-state index < -0.39 is 6.04 Å². The number of aryl methyl sites for hydroxylation is 1. The summed E-state index contributed by atoms with van der Waals surface area (Å²) >= 11 is 0. The molecule has 0 aliphatic carbocycles. The van der Waals surface area contributed by atoms with E-state index >= 15 is 0 Å². The highest BCUT2D eigenvalue weighted by atomic mass is 16.2. The number of carbonyl (C=O) groups is 2. The summed E-state index contributed by atoms with van der Waals surface area (Å²) in [6.45, 7) is 7.19. The fourth-order valence-corrected chi connectivity index (χ4v) is 3.40. The van der Waals surface area contributed by atoms with Crippen LogP contribution in [0.15, 0.2) is 48.5 Å². The number of benzene rings is 2. The maximum atomic E-state index is 13.1. The zero-order chi connectivity index (χ0) is 18.7. The Kier molecular flexibility index (Phi) is 5.40. The molecule has 0 unspecified atom stereocenters. The van der Waals surface area contributed by atoms with E-state index in [2.05, 4.69) is 17.4 Å². The van der Waals surface area contributed by atoms with Crippen molar-refractivity contribution in [3.05, 3.63) is 70.8 Å². The van der Waals surface area contributed by atoms with Crippen LogP contribution in [0.25, 0.3) is 0 Å². The Hall–Kier alpha value is -2.62. The lowest BCUT2D eigenvalue weighted by Crippen LogP contribution is -2.52. The second kappa shape index (κ2) is 7.73. The van der Waals surface area contributed by atoms with Crippen LogP contribution in [0.1, 0.15) is 40.9 Å². The number of rotatable bonds is 4. The first-order valence-corrected chi connectivity index (χ1v) is 9.19. The number of nitrogens with zero attached hydrogens (tertiary/aromatic N) is 1. The van der Waals surface area contributed by atoms with Crippen LogP contribution in [0.5, 0.6) is 0 Å². The molecule has 1 aliphatic heterocycles.